The summed E-state index contributed by atoms with van der Waals surface area (Å²) in [4.78, 5) is 10.2. The summed E-state index contributed by atoms with van der Waals surface area (Å²) in [5.74, 6) is -32.5. The molecule has 0 amide bonds. The van der Waals surface area contributed by atoms with Crippen molar-refractivity contribution < 1.29 is 184 Å². The lowest BCUT2D eigenvalue weighted by atomic mass is 10.0. The van der Waals surface area contributed by atoms with Crippen LogP contribution in [0.5, 0.6) is 0 Å². The summed E-state index contributed by atoms with van der Waals surface area (Å²) in [5.41, 5.74) is -16.0. The minimum Gasteiger partial charge on any atom is -1.00 e. The first kappa shape index (κ1) is 93.2. The molecule has 8 bridgehead atoms. The number of fused-ring (bicyclic) bond motifs is 8. The van der Waals surface area contributed by atoms with Crippen molar-refractivity contribution in [2.45, 2.75) is 170 Å². The van der Waals surface area contributed by atoms with Crippen LogP contribution in [0.3, 0.4) is 0 Å². The Kier molecular flexibility index (Phi) is 33.3. The summed E-state index contributed by atoms with van der Waals surface area (Å²) in [6.07, 6.45) is 26.8. The highest BCUT2D eigenvalue weighted by molar-refractivity contribution is 8.00. The molecule has 0 saturated heterocycles. The van der Waals surface area contributed by atoms with E-state index in [1.54, 1.807) is 67.8 Å². The van der Waals surface area contributed by atoms with Crippen LogP contribution in [0.25, 0.3) is 90.9 Å². The first-order valence-electron chi connectivity index (χ1n) is 36.3. The molecular weight excluding hydrogens is 2060 g/mol. The fraction of sp³-hybridized carbons (Fsp3) is 0.238. The maximum atomic E-state index is 17.7. The van der Waals surface area contributed by atoms with E-state index in [0.29, 0.717) is 73.2 Å². The molecule has 2 aliphatic heterocycles. The Morgan fingerprint density at radius 2 is 0.414 bits per heavy atom. The molecular formula is C84H70F16I4N8S4. The van der Waals surface area contributed by atoms with Crippen molar-refractivity contribution in [3.8, 4) is 44.5 Å². The number of rotatable bonds is 28. The van der Waals surface area contributed by atoms with Gasteiger partial charge in [0.15, 0.2) is 143 Å². The van der Waals surface area contributed by atoms with E-state index in [1.807, 2.05) is 27.7 Å². The molecule has 4 aromatic carbocycles. The van der Waals surface area contributed by atoms with Crippen molar-refractivity contribution in [2.75, 3.05) is 0 Å². The van der Waals surface area contributed by atoms with Crippen LogP contribution in [-0.2, 0) is 26.2 Å². The number of halogens is 20. The number of benzene rings is 4. The zero-order valence-electron chi connectivity index (χ0n) is 62.0. The third kappa shape index (κ3) is 19.5. The van der Waals surface area contributed by atoms with Gasteiger partial charge in [-0.3, -0.25) is 0 Å². The zero-order valence-corrected chi connectivity index (χ0v) is 73.9. The lowest BCUT2D eigenvalue weighted by Gasteiger charge is -2.14. The van der Waals surface area contributed by atoms with E-state index in [-0.39, 0.29) is 115 Å². The van der Waals surface area contributed by atoms with Crippen LogP contribution in [-0.4, -0.2) is 19.9 Å². The summed E-state index contributed by atoms with van der Waals surface area (Å²) in [7, 11) is 0. The maximum absolute atomic E-state index is 17.7. The van der Waals surface area contributed by atoms with Crippen molar-refractivity contribution in [3.63, 3.8) is 0 Å². The van der Waals surface area contributed by atoms with E-state index in [9.17, 15) is 0 Å². The standard InChI is InChI=1S/C84H70F16N8S4.4HI/c1-5-9-13-33-105-37-25-45(26-38-105)109-81-73(93)65(85)61(66(86)74(81)94)57-49-17-19-51(101-49)58(62-67(87)75(95)82(76(96)68(62)88)110-46-27-39-106(40-28-46)34-14-10-6-2)53-21-23-55(103-53)60(64-71(91)79(99)84(80(100)72(64)92)112-48-31-43-108(44-32-48)36-16-12-8-4)56-24-22-54(104-56)59(52-20-18-50(57)102-52)63-69(89)77(97)83(78(98)70(63)90)111-47-29-41-107(42-30-47)35-15-11-7-3;;;;/h17-32,37-44,101,104H,5-16,33-36H2,1-4H3;4*1H/q+4;;;;/p-4. The van der Waals surface area contributed by atoms with Gasteiger partial charge in [0, 0.05) is 138 Å². The van der Waals surface area contributed by atoms with Gasteiger partial charge in [0.25, 0.3) is 0 Å². The van der Waals surface area contributed by atoms with Crippen molar-refractivity contribution in [1.29, 1.82) is 0 Å². The van der Waals surface area contributed by atoms with E-state index in [1.165, 1.54) is 48.5 Å². The normalized spacial score (nSPS) is 11.6. The molecule has 0 atom stereocenters. The van der Waals surface area contributed by atoms with E-state index in [0.717, 1.165) is 126 Å². The summed E-state index contributed by atoms with van der Waals surface area (Å²) in [6.45, 7) is 10.4. The first-order chi connectivity index (χ1) is 54.0. The van der Waals surface area contributed by atoms with Gasteiger partial charge in [-0.25, -0.2) is 98.5 Å². The predicted molar refractivity (Wildman–Crippen MR) is 401 cm³/mol. The lowest BCUT2D eigenvalue weighted by molar-refractivity contribution is -0.697. The molecule has 0 saturated carbocycles. The zero-order chi connectivity index (χ0) is 79.3. The topological polar surface area (TPSA) is 72.9 Å². The van der Waals surface area contributed by atoms with Crippen LogP contribution in [0.4, 0.5) is 70.2 Å². The number of hydrogen-bond acceptors (Lipinski definition) is 6. The molecule has 0 spiro atoms. The molecule has 11 aromatic rings. The second-order valence-corrected chi connectivity index (χ2v) is 31.0. The summed E-state index contributed by atoms with van der Waals surface area (Å²) in [5, 5.41) is 0. The third-order valence-electron chi connectivity index (χ3n) is 19.0. The first-order valence-corrected chi connectivity index (χ1v) is 39.6. The van der Waals surface area contributed by atoms with E-state index >= 15 is 70.2 Å². The number of aromatic amines is 2. The number of hydrogen-bond donors (Lipinski definition) is 2. The molecule has 610 valence electrons. The van der Waals surface area contributed by atoms with Gasteiger partial charge in [0.05, 0.1) is 64.6 Å². The second kappa shape index (κ2) is 41.5. The van der Waals surface area contributed by atoms with Crippen LogP contribution < -0.4 is 114 Å². The Labute approximate surface area is 743 Å². The number of aromatic nitrogens is 8. The van der Waals surface area contributed by atoms with Gasteiger partial charge < -0.3 is 106 Å². The maximum Gasteiger partial charge on any atom is 0.176 e. The van der Waals surface area contributed by atoms with Crippen molar-refractivity contribution in [1.82, 2.24) is 19.9 Å². The average Bonchev–Trinajstić information content (AvgIpc) is 1.52. The van der Waals surface area contributed by atoms with Crippen molar-refractivity contribution in [3.05, 3.63) is 238 Å². The highest BCUT2D eigenvalue weighted by atomic mass is 127. The van der Waals surface area contributed by atoms with Crippen LogP contribution in [0.1, 0.15) is 128 Å². The van der Waals surface area contributed by atoms with Gasteiger partial charge in [0.2, 0.25) is 0 Å². The van der Waals surface area contributed by atoms with E-state index in [2.05, 4.69) is 19.9 Å². The van der Waals surface area contributed by atoms with Gasteiger partial charge in [0.1, 0.15) is 26.2 Å². The molecule has 7 aromatic heterocycles. The fourth-order valence-corrected chi connectivity index (χ4v) is 16.6. The molecule has 32 heteroatoms. The number of pyridine rings is 4. The molecule has 2 aliphatic rings. The molecule has 8 nitrogen and oxygen atoms in total. The number of nitrogens with zero attached hydrogens (tertiary/aromatic N) is 6. The van der Waals surface area contributed by atoms with Crippen LogP contribution >= 0.6 is 47.0 Å². The summed E-state index contributed by atoms with van der Waals surface area (Å²) in [6, 6.07) is 15.3. The van der Waals surface area contributed by atoms with Crippen LogP contribution in [0.15, 0.2) is 162 Å². The van der Waals surface area contributed by atoms with Crippen molar-refractivity contribution >= 4 is 93.4 Å². The smallest absolute Gasteiger partial charge is 0.176 e. The fourth-order valence-electron chi connectivity index (χ4n) is 13.2. The van der Waals surface area contributed by atoms with Crippen molar-refractivity contribution in [2.24, 2.45) is 0 Å². The Balaban J connectivity index is 0.00000384. The largest absolute Gasteiger partial charge is 1.00 e. The van der Waals surface area contributed by atoms with Crippen LogP contribution in [0, 0.1) is 93.1 Å². The minimum atomic E-state index is -2.09. The minimum absolute atomic E-state index is 0. The number of nitrogens with one attached hydrogen (secondary N) is 2. The Bertz CT molecular complexity index is 4910. The number of aryl methyl sites for hydroxylation is 4. The lowest BCUT2D eigenvalue weighted by Crippen LogP contribution is -3.00. The van der Waals surface area contributed by atoms with Gasteiger partial charge in [-0.2, -0.15) is 0 Å². The van der Waals surface area contributed by atoms with Gasteiger partial charge in [-0.1, -0.05) is 100 Å². The van der Waals surface area contributed by atoms with Gasteiger partial charge >= 0.3 is 0 Å². The van der Waals surface area contributed by atoms with Gasteiger partial charge in [-0.15, -0.1) is 0 Å². The Morgan fingerprint density at radius 1 is 0.241 bits per heavy atom. The van der Waals surface area contributed by atoms with E-state index in [4.69, 9.17) is 0 Å². The molecule has 9 heterocycles. The SMILES string of the molecule is CCCCC[n+]1ccc(Sc2c(F)c(F)c(-c3c4nc(c(-c5c(F)c(F)c(Sc6cc[n+](CCCCC)cc6)c(F)c5F)c5ccc([nH]5)c(-c5c(F)c(F)c(Sc6cc[n+](CCCCC)cc6)c(F)c5F)c5nc(c(-c6c(F)c(F)c(Sc7cc[n+](CCCCC)cc7)c(F)c6F)c6ccc3[nH]6)C=C5)C=C4)c(F)c2F)cc1.[I-].[I-].[I-].[I-]. The summed E-state index contributed by atoms with van der Waals surface area (Å²) >= 11 is 1.25. The summed E-state index contributed by atoms with van der Waals surface area (Å²) < 4.78 is 286. The number of unbranched alkanes of at least 4 members (excludes halogenated alkanes) is 8. The second-order valence-electron chi connectivity index (χ2n) is 26.7. The molecule has 13 rings (SSSR count). The molecule has 0 unspecified atom stereocenters. The van der Waals surface area contributed by atoms with Gasteiger partial charge in [-0.05, 0) is 74.3 Å². The highest BCUT2D eigenvalue weighted by Crippen LogP contribution is 2.49. The monoisotopic (exact) mass is 2130 g/mol. The van der Waals surface area contributed by atoms with Crippen LogP contribution in [0.2, 0.25) is 0 Å². The average molecular weight is 2130 g/mol. The van der Waals surface area contributed by atoms with E-state index < -0.39 is 202 Å². The molecule has 2 N–H and O–H groups in total. The molecule has 116 heavy (non-hydrogen) atoms. The molecule has 0 radical (unpaired) electrons. The molecule has 0 fully saturated rings. The molecule has 0 aliphatic carbocycles. The Hall–Kier alpha value is -6.72. The predicted octanol–water partition coefficient (Wildman–Crippen LogP) is 12.1. The third-order valence-corrected chi connectivity index (χ3v) is 23.3. The quantitative estimate of drug-likeness (QED) is 0.0167. The Morgan fingerprint density at radius 3 is 0.578 bits per heavy atom. The highest BCUT2D eigenvalue weighted by Gasteiger charge is 2.37. The number of H-pyrrole nitrogens is 2.